The summed E-state index contributed by atoms with van der Waals surface area (Å²) in [5.41, 5.74) is 0.571. The van der Waals surface area contributed by atoms with E-state index in [9.17, 15) is 13.2 Å². The molecule has 6 heteroatoms. The zero-order valence-electron chi connectivity index (χ0n) is 7.85. The molecule has 1 aromatic carbocycles. The van der Waals surface area contributed by atoms with Crippen molar-refractivity contribution >= 4 is 15.9 Å². The van der Waals surface area contributed by atoms with E-state index in [-0.39, 0.29) is 0 Å². The highest BCUT2D eigenvalue weighted by atomic mass is 79.9. The van der Waals surface area contributed by atoms with Gasteiger partial charge in [0.15, 0.2) is 0 Å². The number of H-pyrrole nitrogens is 1. The van der Waals surface area contributed by atoms with Crippen LogP contribution in [0.15, 0.2) is 34.9 Å². The SMILES string of the molecule is FC(F)(F)c1ccc(-c2cc(Br)[nH]n2)cc1. The van der Waals surface area contributed by atoms with Crippen LogP contribution in [0.1, 0.15) is 5.56 Å². The summed E-state index contributed by atoms with van der Waals surface area (Å²) < 4.78 is 37.6. The second-order valence-corrected chi connectivity index (χ2v) is 4.03. The van der Waals surface area contributed by atoms with Gasteiger partial charge in [-0.1, -0.05) is 12.1 Å². The first-order chi connectivity index (χ1) is 7.47. The minimum Gasteiger partial charge on any atom is -0.271 e. The molecule has 2 rings (SSSR count). The van der Waals surface area contributed by atoms with Crippen LogP contribution < -0.4 is 0 Å². The zero-order chi connectivity index (χ0) is 11.8. The summed E-state index contributed by atoms with van der Waals surface area (Å²) in [5, 5.41) is 6.58. The Balaban J connectivity index is 2.33. The lowest BCUT2D eigenvalue weighted by Crippen LogP contribution is -2.03. The number of benzene rings is 1. The number of hydrogen-bond donors (Lipinski definition) is 1. The fourth-order valence-corrected chi connectivity index (χ4v) is 1.58. The number of hydrogen-bond acceptors (Lipinski definition) is 1. The predicted molar refractivity (Wildman–Crippen MR) is 56.7 cm³/mol. The van der Waals surface area contributed by atoms with Gasteiger partial charge >= 0.3 is 6.18 Å². The van der Waals surface area contributed by atoms with Crippen LogP contribution in [0, 0.1) is 0 Å². The number of nitrogens with zero attached hydrogens (tertiary/aromatic N) is 1. The Morgan fingerprint density at radius 1 is 1.12 bits per heavy atom. The molecule has 1 N–H and O–H groups in total. The van der Waals surface area contributed by atoms with Crippen LogP contribution in [0.2, 0.25) is 0 Å². The van der Waals surface area contributed by atoms with Crippen molar-refractivity contribution in [3.05, 3.63) is 40.5 Å². The topological polar surface area (TPSA) is 28.7 Å². The van der Waals surface area contributed by atoms with Crippen molar-refractivity contribution in [1.82, 2.24) is 10.2 Å². The van der Waals surface area contributed by atoms with Crippen molar-refractivity contribution in [3.8, 4) is 11.3 Å². The van der Waals surface area contributed by atoms with Gasteiger partial charge in [0.25, 0.3) is 0 Å². The first kappa shape index (κ1) is 11.2. The minimum atomic E-state index is -4.30. The molecule has 0 spiro atoms. The van der Waals surface area contributed by atoms with E-state index in [4.69, 9.17) is 0 Å². The summed E-state index contributed by atoms with van der Waals surface area (Å²) in [6, 6.07) is 6.56. The van der Waals surface area contributed by atoms with E-state index in [0.717, 1.165) is 12.1 Å². The number of aromatic amines is 1. The molecule has 16 heavy (non-hydrogen) atoms. The molecule has 84 valence electrons. The largest absolute Gasteiger partial charge is 0.416 e. The molecule has 0 unspecified atom stereocenters. The lowest BCUT2D eigenvalue weighted by molar-refractivity contribution is -0.137. The summed E-state index contributed by atoms with van der Waals surface area (Å²) in [6.07, 6.45) is -4.30. The fraction of sp³-hybridized carbons (Fsp3) is 0.100. The molecule has 2 nitrogen and oxygen atoms in total. The molecule has 0 aliphatic heterocycles. The summed E-state index contributed by atoms with van der Waals surface area (Å²) in [7, 11) is 0. The lowest BCUT2D eigenvalue weighted by atomic mass is 10.1. The van der Waals surface area contributed by atoms with Gasteiger partial charge in [0.1, 0.15) is 4.60 Å². The molecular formula is C10H6BrF3N2. The third kappa shape index (κ3) is 2.27. The molecule has 0 atom stereocenters. The van der Waals surface area contributed by atoms with Crippen LogP contribution in [-0.4, -0.2) is 10.2 Å². The molecule has 0 saturated heterocycles. The number of nitrogens with one attached hydrogen (secondary N) is 1. The van der Waals surface area contributed by atoms with Crippen molar-refractivity contribution in [3.63, 3.8) is 0 Å². The van der Waals surface area contributed by atoms with Crippen LogP contribution in [0.5, 0.6) is 0 Å². The average molecular weight is 291 g/mol. The molecule has 1 heterocycles. The Morgan fingerprint density at radius 3 is 2.19 bits per heavy atom. The highest BCUT2D eigenvalue weighted by molar-refractivity contribution is 9.10. The molecule has 0 aliphatic rings. The molecule has 0 fully saturated rings. The van der Waals surface area contributed by atoms with E-state index in [1.165, 1.54) is 12.1 Å². The average Bonchev–Trinajstić information content (AvgIpc) is 2.64. The molecule has 0 amide bonds. The van der Waals surface area contributed by atoms with E-state index >= 15 is 0 Å². The first-order valence-corrected chi connectivity index (χ1v) is 5.14. The standard InChI is InChI=1S/C10H6BrF3N2/c11-9-5-8(15-16-9)6-1-3-7(4-2-6)10(12,13)14/h1-5H,(H,15,16). The zero-order valence-corrected chi connectivity index (χ0v) is 9.43. The molecule has 0 saturated carbocycles. The Labute approximate surface area is 97.6 Å². The Bertz CT molecular complexity index is 488. The summed E-state index contributed by atoms with van der Waals surface area (Å²) in [6.45, 7) is 0. The van der Waals surface area contributed by atoms with Gasteiger partial charge in [-0.25, -0.2) is 0 Å². The Morgan fingerprint density at radius 2 is 1.75 bits per heavy atom. The second-order valence-electron chi connectivity index (χ2n) is 3.18. The van der Waals surface area contributed by atoms with Gasteiger partial charge in [-0.2, -0.15) is 18.3 Å². The fourth-order valence-electron chi connectivity index (χ4n) is 1.28. The van der Waals surface area contributed by atoms with Crippen molar-refractivity contribution in [2.45, 2.75) is 6.18 Å². The quantitative estimate of drug-likeness (QED) is 0.849. The normalized spacial score (nSPS) is 11.8. The van der Waals surface area contributed by atoms with Gasteiger partial charge in [-0.05, 0) is 34.1 Å². The van der Waals surface area contributed by atoms with Crippen LogP contribution >= 0.6 is 15.9 Å². The summed E-state index contributed by atoms with van der Waals surface area (Å²) in [4.78, 5) is 0. The summed E-state index contributed by atoms with van der Waals surface area (Å²) in [5.74, 6) is 0. The van der Waals surface area contributed by atoms with Crippen molar-refractivity contribution in [1.29, 1.82) is 0 Å². The molecule has 1 aromatic heterocycles. The smallest absolute Gasteiger partial charge is 0.271 e. The Kier molecular flexibility index (Phi) is 2.75. The number of aromatic nitrogens is 2. The lowest BCUT2D eigenvalue weighted by Gasteiger charge is -2.06. The predicted octanol–water partition coefficient (Wildman–Crippen LogP) is 3.86. The van der Waals surface area contributed by atoms with Gasteiger partial charge in [-0.15, -0.1) is 0 Å². The maximum absolute atomic E-state index is 12.3. The van der Waals surface area contributed by atoms with Gasteiger partial charge in [0.05, 0.1) is 11.3 Å². The maximum atomic E-state index is 12.3. The van der Waals surface area contributed by atoms with Crippen molar-refractivity contribution in [2.24, 2.45) is 0 Å². The van der Waals surface area contributed by atoms with Crippen LogP contribution in [0.4, 0.5) is 13.2 Å². The van der Waals surface area contributed by atoms with E-state index < -0.39 is 11.7 Å². The van der Waals surface area contributed by atoms with Crippen molar-refractivity contribution < 1.29 is 13.2 Å². The van der Waals surface area contributed by atoms with Gasteiger partial charge in [0.2, 0.25) is 0 Å². The second kappa shape index (κ2) is 3.93. The number of halogens is 4. The van der Waals surface area contributed by atoms with Gasteiger partial charge in [0, 0.05) is 5.56 Å². The molecule has 0 aliphatic carbocycles. The van der Waals surface area contributed by atoms with Crippen LogP contribution in [0.25, 0.3) is 11.3 Å². The first-order valence-electron chi connectivity index (χ1n) is 4.35. The minimum absolute atomic E-state index is 0.598. The Hall–Kier alpha value is -1.30. The third-order valence-corrected chi connectivity index (χ3v) is 2.46. The number of rotatable bonds is 1. The maximum Gasteiger partial charge on any atom is 0.416 e. The number of alkyl halides is 3. The van der Waals surface area contributed by atoms with E-state index in [1.807, 2.05) is 0 Å². The van der Waals surface area contributed by atoms with Gasteiger partial charge < -0.3 is 0 Å². The van der Waals surface area contributed by atoms with Crippen LogP contribution in [-0.2, 0) is 6.18 Å². The monoisotopic (exact) mass is 290 g/mol. The van der Waals surface area contributed by atoms with Gasteiger partial charge in [-0.3, -0.25) is 5.10 Å². The van der Waals surface area contributed by atoms with E-state index in [2.05, 4.69) is 26.1 Å². The molecule has 0 radical (unpaired) electrons. The van der Waals surface area contributed by atoms with E-state index in [0.29, 0.717) is 15.9 Å². The van der Waals surface area contributed by atoms with E-state index in [1.54, 1.807) is 6.07 Å². The molecule has 2 aromatic rings. The third-order valence-electron chi connectivity index (χ3n) is 2.05. The highest BCUT2D eigenvalue weighted by Crippen LogP contribution is 2.30. The molecular weight excluding hydrogens is 285 g/mol. The summed E-state index contributed by atoms with van der Waals surface area (Å²) >= 11 is 3.18. The molecule has 0 bridgehead atoms. The van der Waals surface area contributed by atoms with Crippen LogP contribution in [0.3, 0.4) is 0 Å². The highest BCUT2D eigenvalue weighted by Gasteiger charge is 2.29. The van der Waals surface area contributed by atoms with Crippen molar-refractivity contribution in [2.75, 3.05) is 0 Å².